The van der Waals surface area contributed by atoms with E-state index in [-0.39, 0.29) is 0 Å². The Kier molecular flexibility index (Phi) is 5.30. The van der Waals surface area contributed by atoms with Crippen molar-refractivity contribution >= 4 is 0 Å². The summed E-state index contributed by atoms with van der Waals surface area (Å²) in [6.07, 6.45) is 8.49. The first-order valence-electron chi connectivity index (χ1n) is 8.57. The minimum atomic E-state index is 0.635. The Morgan fingerprint density at radius 1 is 1.11 bits per heavy atom. The summed E-state index contributed by atoms with van der Waals surface area (Å²) in [7, 11) is 0. The summed E-state index contributed by atoms with van der Waals surface area (Å²) in [6.45, 7) is 13.2. The van der Waals surface area contributed by atoms with Gasteiger partial charge in [0.1, 0.15) is 0 Å². The molecule has 0 bridgehead atoms. The Morgan fingerprint density at radius 3 is 2.16 bits per heavy atom. The maximum atomic E-state index is 3.63. The average Bonchev–Trinajstić information content (AvgIpc) is 2.38. The second kappa shape index (κ2) is 6.58. The van der Waals surface area contributed by atoms with Gasteiger partial charge in [0, 0.05) is 12.1 Å². The monoisotopic (exact) mass is 266 g/mol. The van der Waals surface area contributed by atoms with Gasteiger partial charge in [-0.25, -0.2) is 0 Å². The Bertz CT molecular complexity index is 260. The smallest absolute Gasteiger partial charge is 0.0136 e. The molecule has 1 aliphatic carbocycles. The number of hydrogen-bond acceptors (Lipinski definition) is 2. The van der Waals surface area contributed by atoms with Crippen LogP contribution >= 0.6 is 0 Å². The van der Waals surface area contributed by atoms with Gasteiger partial charge < -0.3 is 10.2 Å². The standard InChI is InChI=1S/C17H34N2/c1-5-17(6-2)9-11-19(12-10-17)16-8-7-15(16)13-18-14(3)4/h14-16,18H,5-13H2,1-4H3. The summed E-state index contributed by atoms with van der Waals surface area (Å²) in [4.78, 5) is 2.81. The maximum absolute atomic E-state index is 3.63. The van der Waals surface area contributed by atoms with Crippen LogP contribution in [0.1, 0.15) is 66.2 Å². The van der Waals surface area contributed by atoms with Gasteiger partial charge in [-0.3, -0.25) is 0 Å². The molecule has 2 atom stereocenters. The van der Waals surface area contributed by atoms with Crippen LogP contribution in [0.15, 0.2) is 0 Å². The van der Waals surface area contributed by atoms with E-state index in [0.717, 1.165) is 12.0 Å². The predicted octanol–water partition coefficient (Wildman–Crippen LogP) is 3.67. The fourth-order valence-electron chi connectivity index (χ4n) is 3.94. The van der Waals surface area contributed by atoms with Crippen molar-refractivity contribution in [2.24, 2.45) is 11.3 Å². The van der Waals surface area contributed by atoms with E-state index < -0.39 is 0 Å². The first-order valence-corrected chi connectivity index (χ1v) is 8.57. The lowest BCUT2D eigenvalue weighted by molar-refractivity contribution is 0.00469. The zero-order chi connectivity index (χ0) is 13.9. The van der Waals surface area contributed by atoms with Crippen LogP contribution in [-0.4, -0.2) is 36.6 Å². The maximum Gasteiger partial charge on any atom is 0.0136 e. The van der Waals surface area contributed by atoms with Crippen molar-refractivity contribution in [3.05, 3.63) is 0 Å². The minimum absolute atomic E-state index is 0.635. The zero-order valence-electron chi connectivity index (χ0n) is 13.5. The van der Waals surface area contributed by atoms with E-state index >= 15 is 0 Å². The first-order chi connectivity index (χ1) is 9.10. The van der Waals surface area contributed by atoms with Crippen LogP contribution in [0.3, 0.4) is 0 Å². The van der Waals surface area contributed by atoms with E-state index in [4.69, 9.17) is 0 Å². The van der Waals surface area contributed by atoms with E-state index in [1.165, 1.54) is 58.2 Å². The summed E-state index contributed by atoms with van der Waals surface area (Å²) in [6, 6.07) is 1.52. The highest BCUT2D eigenvalue weighted by Gasteiger charge is 2.39. The molecule has 1 saturated carbocycles. The summed E-state index contributed by atoms with van der Waals surface area (Å²) in [5, 5.41) is 3.63. The molecule has 1 heterocycles. The van der Waals surface area contributed by atoms with Crippen LogP contribution in [0.25, 0.3) is 0 Å². The third kappa shape index (κ3) is 3.52. The van der Waals surface area contributed by atoms with E-state index in [1.54, 1.807) is 0 Å². The second-order valence-corrected chi connectivity index (χ2v) is 7.21. The molecule has 2 fully saturated rings. The molecule has 0 radical (unpaired) electrons. The number of piperidine rings is 1. The van der Waals surface area contributed by atoms with Crippen molar-refractivity contribution in [3.8, 4) is 0 Å². The molecular formula is C17H34N2. The molecule has 1 N–H and O–H groups in total. The summed E-state index contributed by atoms with van der Waals surface area (Å²) >= 11 is 0. The van der Waals surface area contributed by atoms with E-state index in [0.29, 0.717) is 11.5 Å². The highest BCUT2D eigenvalue weighted by atomic mass is 15.2. The predicted molar refractivity (Wildman–Crippen MR) is 83.5 cm³/mol. The van der Waals surface area contributed by atoms with Crippen molar-refractivity contribution in [2.45, 2.75) is 78.3 Å². The summed E-state index contributed by atoms with van der Waals surface area (Å²) < 4.78 is 0. The number of nitrogens with one attached hydrogen (secondary N) is 1. The molecule has 1 aliphatic heterocycles. The molecule has 0 aromatic carbocycles. The van der Waals surface area contributed by atoms with Gasteiger partial charge in [-0.05, 0) is 56.7 Å². The van der Waals surface area contributed by atoms with Gasteiger partial charge in [-0.1, -0.05) is 40.5 Å². The lowest BCUT2D eigenvalue weighted by Gasteiger charge is -2.50. The normalized spacial score (nSPS) is 31.4. The van der Waals surface area contributed by atoms with Crippen LogP contribution in [0.2, 0.25) is 0 Å². The largest absolute Gasteiger partial charge is 0.314 e. The van der Waals surface area contributed by atoms with Crippen molar-refractivity contribution in [3.63, 3.8) is 0 Å². The van der Waals surface area contributed by atoms with Crippen LogP contribution in [-0.2, 0) is 0 Å². The third-order valence-electron chi connectivity index (χ3n) is 5.99. The topological polar surface area (TPSA) is 15.3 Å². The molecule has 2 aliphatic rings. The zero-order valence-corrected chi connectivity index (χ0v) is 13.5. The lowest BCUT2D eigenvalue weighted by atomic mass is 9.71. The summed E-state index contributed by atoms with van der Waals surface area (Å²) in [5.74, 6) is 0.915. The highest BCUT2D eigenvalue weighted by molar-refractivity contribution is 4.94. The highest BCUT2D eigenvalue weighted by Crippen LogP contribution is 2.41. The van der Waals surface area contributed by atoms with Gasteiger partial charge in [0.2, 0.25) is 0 Å². The van der Waals surface area contributed by atoms with Crippen molar-refractivity contribution in [1.29, 1.82) is 0 Å². The number of hydrogen-bond donors (Lipinski definition) is 1. The quantitative estimate of drug-likeness (QED) is 0.789. The number of likely N-dealkylation sites (tertiary alicyclic amines) is 1. The first kappa shape index (κ1) is 15.3. The van der Waals surface area contributed by atoms with E-state index in [1.807, 2.05) is 0 Å². The molecule has 2 unspecified atom stereocenters. The van der Waals surface area contributed by atoms with Crippen LogP contribution < -0.4 is 5.32 Å². The fourth-order valence-corrected chi connectivity index (χ4v) is 3.94. The molecule has 1 saturated heterocycles. The Balaban J connectivity index is 1.78. The average molecular weight is 266 g/mol. The molecule has 2 rings (SSSR count). The fraction of sp³-hybridized carbons (Fsp3) is 1.00. The SMILES string of the molecule is CCC1(CC)CCN(C2CCC2CNC(C)C)CC1. The minimum Gasteiger partial charge on any atom is -0.314 e. The molecule has 0 aromatic heterocycles. The Labute approximate surface area is 120 Å². The van der Waals surface area contributed by atoms with Gasteiger partial charge in [0.15, 0.2) is 0 Å². The Morgan fingerprint density at radius 2 is 1.74 bits per heavy atom. The van der Waals surface area contributed by atoms with Gasteiger partial charge in [-0.2, -0.15) is 0 Å². The number of rotatable bonds is 6. The van der Waals surface area contributed by atoms with E-state index in [9.17, 15) is 0 Å². The van der Waals surface area contributed by atoms with Gasteiger partial charge in [0.05, 0.1) is 0 Å². The molecule has 0 spiro atoms. The van der Waals surface area contributed by atoms with Crippen molar-refractivity contribution < 1.29 is 0 Å². The molecular weight excluding hydrogens is 232 g/mol. The molecule has 0 aromatic rings. The second-order valence-electron chi connectivity index (χ2n) is 7.21. The molecule has 112 valence electrons. The van der Waals surface area contributed by atoms with Gasteiger partial charge in [-0.15, -0.1) is 0 Å². The van der Waals surface area contributed by atoms with Gasteiger partial charge >= 0.3 is 0 Å². The molecule has 2 nitrogen and oxygen atoms in total. The lowest BCUT2D eigenvalue weighted by Crippen LogP contribution is -2.54. The van der Waals surface area contributed by atoms with E-state index in [2.05, 4.69) is 37.9 Å². The Hall–Kier alpha value is -0.0800. The third-order valence-corrected chi connectivity index (χ3v) is 5.99. The van der Waals surface area contributed by atoms with Crippen molar-refractivity contribution in [1.82, 2.24) is 10.2 Å². The van der Waals surface area contributed by atoms with Crippen LogP contribution in [0.5, 0.6) is 0 Å². The molecule has 19 heavy (non-hydrogen) atoms. The number of nitrogens with zero attached hydrogens (tertiary/aromatic N) is 1. The van der Waals surface area contributed by atoms with Crippen LogP contribution in [0.4, 0.5) is 0 Å². The molecule has 0 amide bonds. The summed E-state index contributed by atoms with van der Waals surface area (Å²) in [5.41, 5.74) is 0.673. The van der Waals surface area contributed by atoms with Gasteiger partial charge in [0.25, 0.3) is 0 Å². The van der Waals surface area contributed by atoms with Crippen molar-refractivity contribution in [2.75, 3.05) is 19.6 Å². The molecule has 2 heteroatoms. The van der Waals surface area contributed by atoms with Crippen LogP contribution in [0, 0.1) is 11.3 Å².